The molecule has 7 nitrogen and oxygen atoms in total. The lowest BCUT2D eigenvalue weighted by Gasteiger charge is -2.14. The molecule has 7 heteroatoms. The Kier molecular flexibility index (Phi) is 5.74. The molecule has 3 aromatic rings. The van der Waals surface area contributed by atoms with Crippen LogP contribution in [0.5, 0.6) is 5.88 Å². The lowest BCUT2D eigenvalue weighted by atomic mass is 10.2. The normalized spacial score (nSPS) is 10.4. The second kappa shape index (κ2) is 8.39. The smallest absolute Gasteiger partial charge is 0.280 e. The quantitative estimate of drug-likeness (QED) is 0.714. The van der Waals surface area contributed by atoms with Crippen LogP contribution in [0.3, 0.4) is 0 Å². The molecule has 0 bridgehead atoms. The highest BCUT2D eigenvalue weighted by molar-refractivity contribution is 6.02. The molecular weight excluding hydrogens is 356 g/mol. The third-order valence-corrected chi connectivity index (χ3v) is 4.05. The molecule has 1 N–H and O–H groups in total. The van der Waals surface area contributed by atoms with Crippen LogP contribution in [0, 0.1) is 0 Å². The van der Waals surface area contributed by atoms with Crippen molar-refractivity contribution in [3.05, 3.63) is 76.6 Å². The van der Waals surface area contributed by atoms with E-state index in [1.807, 2.05) is 68.4 Å². The number of nitrogens with one attached hydrogen (secondary N) is 1. The fourth-order valence-electron chi connectivity index (χ4n) is 2.64. The zero-order valence-corrected chi connectivity index (χ0v) is 16.0. The van der Waals surface area contributed by atoms with Crippen molar-refractivity contribution in [1.29, 1.82) is 0 Å². The van der Waals surface area contributed by atoms with Gasteiger partial charge in [0.1, 0.15) is 0 Å². The lowest BCUT2D eigenvalue weighted by Crippen LogP contribution is -2.26. The molecule has 0 saturated heterocycles. The van der Waals surface area contributed by atoms with Gasteiger partial charge in [-0.2, -0.15) is 5.10 Å². The Hall–Kier alpha value is -3.61. The third kappa shape index (κ3) is 4.20. The molecule has 144 valence electrons. The van der Waals surface area contributed by atoms with Gasteiger partial charge in [-0.15, -0.1) is 0 Å². The van der Waals surface area contributed by atoms with Crippen molar-refractivity contribution in [2.75, 3.05) is 30.9 Å². The highest BCUT2D eigenvalue weighted by Crippen LogP contribution is 2.17. The molecule has 1 heterocycles. The molecule has 28 heavy (non-hydrogen) atoms. The summed E-state index contributed by atoms with van der Waals surface area (Å²) in [7, 11) is 3.87. The first-order valence-electron chi connectivity index (χ1n) is 8.91. The van der Waals surface area contributed by atoms with E-state index in [4.69, 9.17) is 4.74 Å². The molecule has 0 spiro atoms. The fraction of sp³-hybridized carbons (Fsp3) is 0.190. The maximum Gasteiger partial charge on any atom is 0.280 e. The minimum Gasteiger partial charge on any atom is -0.478 e. The van der Waals surface area contributed by atoms with Gasteiger partial charge >= 0.3 is 0 Å². The van der Waals surface area contributed by atoms with Crippen molar-refractivity contribution in [3.8, 4) is 11.6 Å². The summed E-state index contributed by atoms with van der Waals surface area (Å²) in [5.41, 5.74) is 1.57. The van der Waals surface area contributed by atoms with Gasteiger partial charge in [-0.3, -0.25) is 9.59 Å². The molecular formula is C21H22N4O3. The number of nitrogens with zero attached hydrogens (tertiary/aromatic N) is 3. The van der Waals surface area contributed by atoms with E-state index in [9.17, 15) is 9.59 Å². The van der Waals surface area contributed by atoms with Crippen LogP contribution < -0.4 is 20.4 Å². The number of anilines is 2. The van der Waals surface area contributed by atoms with Crippen LogP contribution in [0.4, 0.5) is 11.4 Å². The second-order valence-electron chi connectivity index (χ2n) is 6.27. The van der Waals surface area contributed by atoms with Gasteiger partial charge < -0.3 is 15.0 Å². The van der Waals surface area contributed by atoms with Gasteiger partial charge in [-0.1, -0.05) is 18.2 Å². The molecule has 0 saturated carbocycles. The summed E-state index contributed by atoms with van der Waals surface area (Å²) in [6.07, 6.45) is 0. The number of carbonyl (C=O) groups is 1. The van der Waals surface area contributed by atoms with Crippen LogP contribution in [-0.2, 0) is 0 Å². The third-order valence-electron chi connectivity index (χ3n) is 4.05. The van der Waals surface area contributed by atoms with Crippen LogP contribution in [0.2, 0.25) is 0 Å². The molecule has 0 aliphatic heterocycles. The van der Waals surface area contributed by atoms with E-state index in [2.05, 4.69) is 10.4 Å². The number of para-hydroxylation sites is 1. The predicted octanol–water partition coefficient (Wildman–Crippen LogP) is 2.95. The number of hydrogen-bond acceptors (Lipinski definition) is 5. The highest BCUT2D eigenvalue weighted by atomic mass is 16.5. The summed E-state index contributed by atoms with van der Waals surface area (Å²) in [6, 6.07) is 17.8. The van der Waals surface area contributed by atoms with Crippen LogP contribution >= 0.6 is 0 Å². The SMILES string of the molecule is CCOc1cc(=O)c(C(=O)Nc2ccc(N(C)C)cc2)nn1-c1ccccc1. The van der Waals surface area contributed by atoms with Gasteiger partial charge in [0.25, 0.3) is 5.91 Å². The van der Waals surface area contributed by atoms with Crippen molar-refractivity contribution in [3.63, 3.8) is 0 Å². The van der Waals surface area contributed by atoms with Crippen LogP contribution in [-0.4, -0.2) is 36.4 Å². The van der Waals surface area contributed by atoms with E-state index >= 15 is 0 Å². The summed E-state index contributed by atoms with van der Waals surface area (Å²) in [5, 5.41) is 6.98. The molecule has 0 atom stereocenters. The van der Waals surface area contributed by atoms with E-state index in [1.54, 1.807) is 12.1 Å². The van der Waals surface area contributed by atoms with Gasteiger partial charge in [-0.25, -0.2) is 4.68 Å². The maximum atomic E-state index is 12.7. The zero-order chi connectivity index (χ0) is 20.1. The standard InChI is InChI=1S/C21H22N4O3/c1-4-28-19-14-18(26)20(23-25(19)17-8-6-5-7-9-17)21(27)22-15-10-12-16(13-11-15)24(2)3/h5-14H,4H2,1-3H3,(H,22,27). The Balaban J connectivity index is 1.94. The minimum absolute atomic E-state index is 0.205. The minimum atomic E-state index is -0.574. The molecule has 1 aromatic heterocycles. The number of aromatic nitrogens is 2. The fourth-order valence-corrected chi connectivity index (χ4v) is 2.64. The van der Waals surface area contributed by atoms with Gasteiger partial charge in [-0.05, 0) is 43.3 Å². The van der Waals surface area contributed by atoms with Crippen molar-refractivity contribution >= 4 is 17.3 Å². The molecule has 0 unspecified atom stereocenters. The molecule has 0 fully saturated rings. The Morgan fingerprint density at radius 1 is 1.11 bits per heavy atom. The Morgan fingerprint density at radius 3 is 2.39 bits per heavy atom. The van der Waals surface area contributed by atoms with E-state index in [-0.39, 0.29) is 11.6 Å². The van der Waals surface area contributed by atoms with E-state index in [0.29, 0.717) is 18.0 Å². The van der Waals surface area contributed by atoms with Crippen molar-refractivity contribution < 1.29 is 9.53 Å². The van der Waals surface area contributed by atoms with Gasteiger partial charge in [0.2, 0.25) is 11.3 Å². The molecule has 2 aromatic carbocycles. The van der Waals surface area contributed by atoms with Crippen LogP contribution in [0.1, 0.15) is 17.4 Å². The monoisotopic (exact) mass is 378 g/mol. The largest absolute Gasteiger partial charge is 0.478 e. The second-order valence-corrected chi connectivity index (χ2v) is 6.27. The summed E-state index contributed by atoms with van der Waals surface area (Å²) < 4.78 is 6.98. The highest BCUT2D eigenvalue weighted by Gasteiger charge is 2.17. The number of ether oxygens (including phenoxy) is 1. The summed E-state index contributed by atoms with van der Waals surface area (Å²) >= 11 is 0. The van der Waals surface area contributed by atoms with Gasteiger partial charge in [0.05, 0.1) is 18.4 Å². The summed E-state index contributed by atoms with van der Waals surface area (Å²) in [6.45, 7) is 2.19. The van der Waals surface area contributed by atoms with Crippen molar-refractivity contribution in [1.82, 2.24) is 9.78 Å². The number of benzene rings is 2. The van der Waals surface area contributed by atoms with Gasteiger partial charge in [0, 0.05) is 25.5 Å². The predicted molar refractivity (Wildman–Crippen MR) is 110 cm³/mol. The summed E-state index contributed by atoms with van der Waals surface area (Å²) in [5.74, 6) is -0.291. The number of rotatable bonds is 6. The zero-order valence-electron chi connectivity index (χ0n) is 16.0. The van der Waals surface area contributed by atoms with Crippen LogP contribution in [0.15, 0.2) is 65.5 Å². The average Bonchev–Trinajstić information content (AvgIpc) is 2.69. The number of amides is 1. The van der Waals surface area contributed by atoms with Crippen molar-refractivity contribution in [2.24, 2.45) is 0 Å². The first-order chi connectivity index (χ1) is 13.5. The van der Waals surface area contributed by atoms with E-state index < -0.39 is 11.3 Å². The van der Waals surface area contributed by atoms with E-state index in [1.165, 1.54) is 10.7 Å². The molecule has 0 radical (unpaired) electrons. The average molecular weight is 378 g/mol. The lowest BCUT2D eigenvalue weighted by molar-refractivity contribution is 0.101. The Morgan fingerprint density at radius 2 is 1.79 bits per heavy atom. The molecule has 0 aliphatic carbocycles. The maximum absolute atomic E-state index is 12.7. The summed E-state index contributed by atoms with van der Waals surface area (Å²) in [4.78, 5) is 27.1. The molecule has 3 rings (SSSR count). The van der Waals surface area contributed by atoms with Gasteiger partial charge in [0.15, 0.2) is 5.69 Å². The van der Waals surface area contributed by atoms with Crippen LogP contribution in [0.25, 0.3) is 5.69 Å². The first kappa shape index (κ1) is 19.2. The number of hydrogen-bond donors (Lipinski definition) is 1. The molecule has 1 amide bonds. The Labute approximate surface area is 163 Å². The number of carbonyl (C=O) groups excluding carboxylic acids is 1. The Bertz CT molecular complexity index is 1010. The topological polar surface area (TPSA) is 76.5 Å². The first-order valence-corrected chi connectivity index (χ1v) is 8.91. The van der Waals surface area contributed by atoms with Crippen molar-refractivity contribution in [2.45, 2.75) is 6.92 Å². The molecule has 0 aliphatic rings. The van der Waals surface area contributed by atoms with E-state index in [0.717, 1.165) is 5.69 Å².